The first kappa shape index (κ1) is 26.0. The van der Waals surface area contributed by atoms with Crippen LogP contribution in [-0.2, 0) is 9.59 Å². The topological polar surface area (TPSA) is 144 Å². The summed E-state index contributed by atoms with van der Waals surface area (Å²) < 4.78 is 0. The maximum Gasteiger partial charge on any atom is 0.245 e. The third-order valence-electron chi connectivity index (χ3n) is 6.09. The molecule has 0 saturated carbocycles. The van der Waals surface area contributed by atoms with Crippen molar-refractivity contribution in [1.82, 2.24) is 25.5 Å². The summed E-state index contributed by atoms with van der Waals surface area (Å²) in [6.07, 6.45) is 7.73. The van der Waals surface area contributed by atoms with Gasteiger partial charge in [0.15, 0.2) is 0 Å². The molecule has 3 rings (SSSR count). The van der Waals surface area contributed by atoms with Crippen molar-refractivity contribution in [1.29, 1.82) is 5.53 Å². The van der Waals surface area contributed by atoms with E-state index in [0.717, 1.165) is 23.2 Å². The fourth-order valence-electron chi connectivity index (χ4n) is 4.11. The minimum absolute atomic E-state index is 0.0281. The van der Waals surface area contributed by atoms with Gasteiger partial charge < -0.3 is 20.6 Å². The number of likely N-dealkylation sites (tertiary alicyclic amines) is 1. The maximum absolute atomic E-state index is 13.3. The Labute approximate surface area is 205 Å². The highest BCUT2D eigenvalue weighted by Crippen LogP contribution is 2.23. The lowest BCUT2D eigenvalue weighted by molar-refractivity contribution is -0.141. The molecule has 0 aliphatic carbocycles. The lowest BCUT2D eigenvalue weighted by Gasteiger charge is -2.31. The van der Waals surface area contributed by atoms with Crippen LogP contribution in [0.4, 0.5) is 0 Å². The van der Waals surface area contributed by atoms with E-state index in [1.165, 1.54) is 0 Å². The second-order valence-electron chi connectivity index (χ2n) is 8.93. The maximum atomic E-state index is 13.3. The molecule has 186 valence electrons. The molecule has 2 amide bonds. The Morgan fingerprint density at radius 2 is 2.03 bits per heavy atom. The number of carbonyl (C=O) groups is 2. The molecule has 0 spiro atoms. The summed E-state index contributed by atoms with van der Waals surface area (Å²) in [5, 5.41) is 19.3. The predicted molar refractivity (Wildman–Crippen MR) is 131 cm³/mol. The number of allylic oxidation sites excluding steroid dienone is 1. The van der Waals surface area contributed by atoms with Crippen molar-refractivity contribution in [2.45, 2.75) is 51.7 Å². The molecule has 1 saturated heterocycles. The summed E-state index contributed by atoms with van der Waals surface area (Å²) >= 11 is 0. The van der Waals surface area contributed by atoms with Gasteiger partial charge >= 0.3 is 0 Å². The predicted octanol–water partition coefficient (Wildman–Crippen LogP) is 2.79. The van der Waals surface area contributed by atoms with Gasteiger partial charge in [-0.15, -0.1) is 0 Å². The average Bonchev–Trinajstić information content (AvgIpc) is 3.37. The normalized spacial score (nSPS) is 17.7. The summed E-state index contributed by atoms with van der Waals surface area (Å²) in [5.74, 6) is -0.483. The zero-order valence-electron chi connectivity index (χ0n) is 20.3. The number of hydrogen-bond acceptors (Lipinski definition) is 8. The second kappa shape index (κ2) is 12.2. The number of rotatable bonds is 10. The highest BCUT2D eigenvalue weighted by atomic mass is 16.3. The van der Waals surface area contributed by atoms with Crippen LogP contribution in [0.15, 0.2) is 59.9 Å². The monoisotopic (exact) mass is 479 g/mol. The zero-order chi connectivity index (χ0) is 25.4. The molecule has 1 fully saturated rings. The van der Waals surface area contributed by atoms with Gasteiger partial charge in [0.2, 0.25) is 11.8 Å². The van der Waals surface area contributed by atoms with Gasteiger partial charge in [0, 0.05) is 30.7 Å². The Bertz CT molecular complexity index is 1040. The molecule has 0 unspecified atom stereocenters. The molecule has 4 N–H and O–H groups in total. The van der Waals surface area contributed by atoms with E-state index in [2.05, 4.69) is 25.7 Å². The van der Waals surface area contributed by atoms with Crippen LogP contribution in [-0.4, -0.2) is 57.0 Å². The standard InChI is InChI=1S/C25H33N7O3/c1-16(2)23(29-13-17(3)31-26)25(35)32-12-4-5-22(32)24(34)30-21(15-33)19-8-6-18(7-9-19)20-14-27-10-11-28-20/h6-11,13-14,16,21-23,26,29,33H,4-5,12,15H2,1-3H3,(H,30,34)/b17-13-,31-26?/t21-,22-,23-/m0/s1. The van der Waals surface area contributed by atoms with Gasteiger partial charge in [-0.3, -0.25) is 19.6 Å². The molecule has 2 heterocycles. The van der Waals surface area contributed by atoms with Crippen LogP contribution in [0.1, 0.15) is 45.2 Å². The summed E-state index contributed by atoms with van der Waals surface area (Å²) in [6, 6.07) is 5.68. The van der Waals surface area contributed by atoms with Crippen LogP contribution in [0.25, 0.3) is 11.3 Å². The van der Waals surface area contributed by atoms with Crippen LogP contribution in [0.3, 0.4) is 0 Å². The van der Waals surface area contributed by atoms with Crippen molar-refractivity contribution in [3.8, 4) is 11.3 Å². The number of hydrogen-bond donors (Lipinski definition) is 4. The SMILES string of the molecule is C/C(=C/N[C@H](C(=O)N1CCC[C@H]1C(=O)N[C@@H](CO)c1ccc(-c2cnccn2)cc1)C(C)C)N=N. The number of carbonyl (C=O) groups excluding carboxylic acids is 2. The minimum atomic E-state index is -0.607. The van der Waals surface area contributed by atoms with Crippen molar-refractivity contribution in [3.63, 3.8) is 0 Å². The van der Waals surface area contributed by atoms with Gasteiger partial charge in [-0.05, 0) is 31.2 Å². The molecule has 10 heteroatoms. The van der Waals surface area contributed by atoms with Crippen molar-refractivity contribution in [2.24, 2.45) is 11.0 Å². The van der Waals surface area contributed by atoms with Crippen LogP contribution < -0.4 is 10.6 Å². The van der Waals surface area contributed by atoms with E-state index in [-0.39, 0.29) is 24.3 Å². The lowest BCUT2D eigenvalue weighted by atomic mass is 10.0. The van der Waals surface area contributed by atoms with Crippen molar-refractivity contribution >= 4 is 11.8 Å². The Morgan fingerprint density at radius 1 is 1.29 bits per heavy atom. The summed E-state index contributed by atoms with van der Waals surface area (Å²) in [5.41, 5.74) is 9.90. The quantitative estimate of drug-likeness (QED) is 0.386. The number of nitrogens with one attached hydrogen (secondary N) is 3. The van der Waals surface area contributed by atoms with E-state index in [9.17, 15) is 14.7 Å². The molecule has 1 aliphatic rings. The van der Waals surface area contributed by atoms with Gasteiger partial charge in [0.05, 0.1) is 30.2 Å². The van der Waals surface area contributed by atoms with E-state index >= 15 is 0 Å². The number of benzene rings is 1. The van der Waals surface area contributed by atoms with Crippen LogP contribution >= 0.6 is 0 Å². The third-order valence-corrected chi connectivity index (χ3v) is 6.09. The number of aliphatic hydroxyl groups excluding tert-OH is 1. The summed E-state index contributed by atoms with van der Waals surface area (Å²) in [7, 11) is 0. The van der Waals surface area contributed by atoms with Crippen molar-refractivity contribution in [3.05, 3.63) is 60.3 Å². The summed E-state index contributed by atoms with van der Waals surface area (Å²) in [6.45, 7) is 5.74. The Balaban J connectivity index is 1.70. The fraction of sp³-hybridized carbons (Fsp3) is 0.440. The molecule has 3 atom stereocenters. The largest absolute Gasteiger partial charge is 0.394 e. The first-order valence-electron chi connectivity index (χ1n) is 11.7. The molecular weight excluding hydrogens is 446 g/mol. The number of amides is 2. The smallest absolute Gasteiger partial charge is 0.245 e. The third kappa shape index (κ3) is 6.48. The van der Waals surface area contributed by atoms with E-state index < -0.39 is 18.1 Å². The lowest BCUT2D eigenvalue weighted by Crippen LogP contribution is -2.53. The van der Waals surface area contributed by atoms with Gasteiger partial charge in [-0.25, -0.2) is 5.53 Å². The highest BCUT2D eigenvalue weighted by Gasteiger charge is 2.38. The molecule has 2 aromatic rings. The fourth-order valence-corrected chi connectivity index (χ4v) is 4.11. The average molecular weight is 480 g/mol. The van der Waals surface area contributed by atoms with Gasteiger partial charge in [0.25, 0.3) is 0 Å². The molecule has 10 nitrogen and oxygen atoms in total. The van der Waals surface area contributed by atoms with Crippen molar-refractivity contribution < 1.29 is 14.7 Å². The van der Waals surface area contributed by atoms with Crippen LogP contribution in [0.5, 0.6) is 0 Å². The number of aromatic nitrogens is 2. The molecule has 1 aromatic heterocycles. The second-order valence-corrected chi connectivity index (χ2v) is 8.93. The van der Waals surface area contributed by atoms with Crippen LogP contribution in [0, 0.1) is 11.4 Å². The van der Waals surface area contributed by atoms with E-state index in [0.29, 0.717) is 18.7 Å². The van der Waals surface area contributed by atoms with Crippen molar-refractivity contribution in [2.75, 3.05) is 13.2 Å². The Morgan fingerprint density at radius 3 is 2.63 bits per heavy atom. The molecule has 1 aliphatic heterocycles. The van der Waals surface area contributed by atoms with E-state index in [4.69, 9.17) is 5.53 Å². The molecule has 0 bridgehead atoms. The van der Waals surface area contributed by atoms with Crippen LogP contribution in [0.2, 0.25) is 0 Å². The molecule has 35 heavy (non-hydrogen) atoms. The first-order valence-corrected chi connectivity index (χ1v) is 11.7. The highest BCUT2D eigenvalue weighted by molar-refractivity contribution is 5.90. The molecular formula is C25H33N7O3. The van der Waals surface area contributed by atoms with Gasteiger partial charge in [0.1, 0.15) is 12.1 Å². The molecule has 0 radical (unpaired) electrons. The van der Waals surface area contributed by atoms with E-state index in [1.807, 2.05) is 38.1 Å². The van der Waals surface area contributed by atoms with Gasteiger partial charge in [-0.1, -0.05) is 38.1 Å². The number of aliphatic hydroxyl groups is 1. The van der Waals surface area contributed by atoms with E-state index in [1.54, 1.807) is 36.6 Å². The number of nitrogens with zero attached hydrogens (tertiary/aromatic N) is 4. The zero-order valence-corrected chi connectivity index (χ0v) is 20.3. The first-order chi connectivity index (χ1) is 16.8. The summed E-state index contributed by atoms with van der Waals surface area (Å²) in [4.78, 5) is 36.5. The Hall–Kier alpha value is -3.66. The minimum Gasteiger partial charge on any atom is -0.394 e. The Kier molecular flexibility index (Phi) is 9.02. The molecule has 1 aromatic carbocycles. The van der Waals surface area contributed by atoms with Gasteiger partial charge in [-0.2, -0.15) is 5.11 Å².